The lowest BCUT2D eigenvalue weighted by Gasteiger charge is -2.01. The van der Waals surface area contributed by atoms with E-state index in [1.165, 1.54) is 0 Å². The molecular formula is C17H13ClO3. The molecule has 21 heavy (non-hydrogen) atoms. The van der Waals surface area contributed by atoms with Crippen LogP contribution in [-0.4, -0.2) is 12.9 Å². The first-order chi connectivity index (χ1) is 10.1. The predicted molar refractivity (Wildman–Crippen MR) is 82.4 cm³/mol. The molecule has 0 aliphatic carbocycles. The molecule has 4 heteroatoms. The molecule has 1 aromatic heterocycles. The maximum atomic E-state index is 12.6. The van der Waals surface area contributed by atoms with Crippen molar-refractivity contribution in [1.29, 1.82) is 0 Å². The van der Waals surface area contributed by atoms with E-state index in [9.17, 15) is 4.79 Å². The van der Waals surface area contributed by atoms with Gasteiger partial charge in [-0.2, -0.15) is 0 Å². The van der Waals surface area contributed by atoms with Gasteiger partial charge in [0.1, 0.15) is 11.3 Å². The second kappa shape index (κ2) is 5.26. The minimum absolute atomic E-state index is 0.215. The summed E-state index contributed by atoms with van der Waals surface area (Å²) in [7, 11) is 1.59. The second-order valence-electron chi connectivity index (χ2n) is 4.73. The third-order valence-electron chi connectivity index (χ3n) is 3.47. The summed E-state index contributed by atoms with van der Waals surface area (Å²) in [6.07, 6.45) is 0. The Balaban J connectivity index is 2.14. The number of hydrogen-bond donors (Lipinski definition) is 0. The van der Waals surface area contributed by atoms with Crippen LogP contribution >= 0.6 is 11.6 Å². The summed E-state index contributed by atoms with van der Waals surface area (Å²) >= 11 is 6.09. The van der Waals surface area contributed by atoms with Crippen molar-refractivity contribution >= 4 is 28.4 Å². The fourth-order valence-corrected chi connectivity index (χ4v) is 2.54. The first-order valence-corrected chi connectivity index (χ1v) is 6.86. The van der Waals surface area contributed by atoms with E-state index in [-0.39, 0.29) is 5.78 Å². The average molecular weight is 301 g/mol. The normalized spacial score (nSPS) is 10.8. The van der Waals surface area contributed by atoms with Gasteiger partial charge in [0.05, 0.1) is 12.1 Å². The lowest BCUT2D eigenvalue weighted by molar-refractivity contribution is 0.101. The molecule has 2 aromatic carbocycles. The van der Waals surface area contributed by atoms with Crippen LogP contribution in [0.4, 0.5) is 0 Å². The molecule has 106 valence electrons. The van der Waals surface area contributed by atoms with Gasteiger partial charge in [-0.15, -0.1) is 0 Å². The van der Waals surface area contributed by atoms with E-state index in [1.54, 1.807) is 37.4 Å². The maximum absolute atomic E-state index is 12.6. The molecule has 0 spiro atoms. The fraction of sp³-hybridized carbons (Fsp3) is 0.118. The third-order valence-corrected chi connectivity index (χ3v) is 3.80. The van der Waals surface area contributed by atoms with Crippen LogP contribution in [0, 0.1) is 6.92 Å². The van der Waals surface area contributed by atoms with Crippen LogP contribution in [0.25, 0.3) is 11.0 Å². The number of ketones is 1. The van der Waals surface area contributed by atoms with Gasteiger partial charge in [-0.1, -0.05) is 23.7 Å². The second-order valence-corrected chi connectivity index (χ2v) is 5.13. The molecule has 0 aliphatic heterocycles. The number of furan rings is 1. The molecule has 0 saturated carbocycles. The van der Waals surface area contributed by atoms with Crippen molar-refractivity contribution in [3.05, 3.63) is 64.4 Å². The van der Waals surface area contributed by atoms with E-state index in [4.69, 9.17) is 20.8 Å². The molecule has 0 atom stereocenters. The van der Waals surface area contributed by atoms with E-state index in [0.29, 0.717) is 27.7 Å². The lowest BCUT2D eigenvalue weighted by atomic mass is 10.0. The highest BCUT2D eigenvalue weighted by Crippen LogP contribution is 2.31. The number of rotatable bonds is 3. The van der Waals surface area contributed by atoms with Crippen molar-refractivity contribution in [1.82, 2.24) is 0 Å². The molecule has 3 nitrogen and oxygen atoms in total. The van der Waals surface area contributed by atoms with E-state index >= 15 is 0 Å². The fourth-order valence-electron chi connectivity index (χ4n) is 2.32. The van der Waals surface area contributed by atoms with Crippen LogP contribution in [0.2, 0.25) is 5.02 Å². The Morgan fingerprint density at radius 1 is 1.19 bits per heavy atom. The summed E-state index contributed by atoms with van der Waals surface area (Å²) in [5, 5.41) is 1.31. The SMILES string of the molecule is COc1ccc2c(C)c(C(=O)c3ccccc3Cl)oc2c1. The number of carbonyl (C=O) groups is 1. The smallest absolute Gasteiger partial charge is 0.229 e. The van der Waals surface area contributed by atoms with Crippen molar-refractivity contribution in [2.24, 2.45) is 0 Å². The Bertz CT molecular complexity index is 833. The standard InChI is InChI=1S/C17H13ClO3/c1-10-12-8-7-11(20-2)9-15(12)21-17(10)16(19)13-5-3-4-6-14(13)18/h3-9H,1-2H3. The van der Waals surface area contributed by atoms with E-state index in [0.717, 1.165) is 10.9 Å². The molecule has 0 saturated heterocycles. The van der Waals surface area contributed by atoms with Gasteiger partial charge in [-0.3, -0.25) is 4.79 Å². The number of halogens is 1. The van der Waals surface area contributed by atoms with E-state index in [2.05, 4.69) is 0 Å². The average Bonchev–Trinajstić information content (AvgIpc) is 2.83. The van der Waals surface area contributed by atoms with Gasteiger partial charge in [0.15, 0.2) is 5.76 Å². The summed E-state index contributed by atoms with van der Waals surface area (Å²) in [6.45, 7) is 1.86. The highest BCUT2D eigenvalue weighted by atomic mass is 35.5. The third kappa shape index (κ3) is 2.30. The number of hydrogen-bond acceptors (Lipinski definition) is 3. The van der Waals surface area contributed by atoms with Gasteiger partial charge in [0.2, 0.25) is 5.78 Å². The van der Waals surface area contributed by atoms with Crippen molar-refractivity contribution in [2.75, 3.05) is 7.11 Å². The molecule has 0 aliphatic rings. The molecule has 0 fully saturated rings. The van der Waals surface area contributed by atoms with Gasteiger partial charge < -0.3 is 9.15 Å². The Hall–Kier alpha value is -2.26. The van der Waals surface area contributed by atoms with Crippen LogP contribution in [0.15, 0.2) is 46.9 Å². The Morgan fingerprint density at radius 2 is 1.95 bits per heavy atom. The quantitative estimate of drug-likeness (QED) is 0.662. The summed E-state index contributed by atoms with van der Waals surface area (Å²) in [5.74, 6) is 0.785. The van der Waals surface area contributed by atoms with Crippen LogP contribution in [0.3, 0.4) is 0 Å². The van der Waals surface area contributed by atoms with Gasteiger partial charge in [-0.25, -0.2) is 0 Å². The van der Waals surface area contributed by atoms with Crippen molar-refractivity contribution in [3.63, 3.8) is 0 Å². The van der Waals surface area contributed by atoms with Gasteiger partial charge in [-0.05, 0) is 31.2 Å². The van der Waals surface area contributed by atoms with E-state index in [1.807, 2.05) is 19.1 Å². The molecule has 1 heterocycles. The van der Waals surface area contributed by atoms with E-state index < -0.39 is 0 Å². The Labute approximate surface area is 127 Å². The van der Waals surface area contributed by atoms with Crippen molar-refractivity contribution in [3.8, 4) is 5.75 Å². The largest absolute Gasteiger partial charge is 0.497 e. The summed E-state index contributed by atoms with van der Waals surface area (Å²) in [5.41, 5.74) is 1.87. The van der Waals surface area contributed by atoms with Crippen molar-refractivity contribution < 1.29 is 13.9 Å². The minimum Gasteiger partial charge on any atom is -0.497 e. The molecule has 3 aromatic rings. The minimum atomic E-state index is -0.215. The zero-order valence-corrected chi connectivity index (χ0v) is 12.4. The summed E-state index contributed by atoms with van der Waals surface area (Å²) in [6, 6.07) is 12.4. The van der Waals surface area contributed by atoms with Gasteiger partial charge >= 0.3 is 0 Å². The zero-order chi connectivity index (χ0) is 15.0. The summed E-state index contributed by atoms with van der Waals surface area (Å²) < 4.78 is 10.9. The molecule has 0 amide bonds. The molecule has 0 unspecified atom stereocenters. The Kier molecular flexibility index (Phi) is 3.43. The predicted octanol–water partition coefficient (Wildman–Crippen LogP) is 4.63. The van der Waals surface area contributed by atoms with Gasteiger partial charge in [0, 0.05) is 22.6 Å². The topological polar surface area (TPSA) is 39.4 Å². The molecular weight excluding hydrogens is 288 g/mol. The first-order valence-electron chi connectivity index (χ1n) is 6.48. The van der Waals surface area contributed by atoms with Crippen molar-refractivity contribution in [2.45, 2.75) is 6.92 Å². The number of benzene rings is 2. The number of ether oxygens (including phenoxy) is 1. The van der Waals surface area contributed by atoms with Crippen LogP contribution in [0.5, 0.6) is 5.75 Å². The first kappa shape index (κ1) is 13.7. The van der Waals surface area contributed by atoms with Crippen LogP contribution in [-0.2, 0) is 0 Å². The lowest BCUT2D eigenvalue weighted by Crippen LogP contribution is -2.02. The number of carbonyl (C=O) groups excluding carboxylic acids is 1. The van der Waals surface area contributed by atoms with Crippen LogP contribution < -0.4 is 4.74 Å². The molecule has 0 N–H and O–H groups in total. The number of methoxy groups -OCH3 is 1. The van der Waals surface area contributed by atoms with Gasteiger partial charge in [0.25, 0.3) is 0 Å². The highest BCUT2D eigenvalue weighted by molar-refractivity contribution is 6.35. The molecule has 3 rings (SSSR count). The number of fused-ring (bicyclic) bond motifs is 1. The zero-order valence-electron chi connectivity index (χ0n) is 11.6. The maximum Gasteiger partial charge on any atom is 0.229 e. The highest BCUT2D eigenvalue weighted by Gasteiger charge is 2.21. The molecule has 0 bridgehead atoms. The Morgan fingerprint density at radius 3 is 2.67 bits per heavy atom. The number of aryl methyl sites for hydroxylation is 1. The monoisotopic (exact) mass is 300 g/mol. The molecule has 0 radical (unpaired) electrons. The van der Waals surface area contributed by atoms with Crippen LogP contribution in [0.1, 0.15) is 21.7 Å². The summed E-state index contributed by atoms with van der Waals surface area (Å²) in [4.78, 5) is 12.6.